The maximum Gasteiger partial charge on any atom is 0.350 e. The van der Waals surface area contributed by atoms with E-state index in [1.165, 1.54) is 7.11 Å². The smallest absolute Gasteiger partial charge is 0.350 e. The van der Waals surface area contributed by atoms with E-state index in [2.05, 4.69) is 4.74 Å². The number of carbonyl (C=O) groups excluding carboxylic acids is 1. The number of methoxy groups -OCH3 is 2. The molecule has 1 saturated heterocycles. The number of nitriles is 1. The SMILES string of the molecule is COC(=O)/C(C#N)=C1\CCC(OC)N1C. The molecule has 5 heteroatoms. The summed E-state index contributed by atoms with van der Waals surface area (Å²) in [4.78, 5) is 13.1. The molecule has 1 rings (SSSR count). The Morgan fingerprint density at radius 3 is 2.67 bits per heavy atom. The highest BCUT2D eigenvalue weighted by Crippen LogP contribution is 2.28. The second-order valence-electron chi connectivity index (χ2n) is 3.27. The van der Waals surface area contributed by atoms with Gasteiger partial charge in [0, 0.05) is 19.9 Å². The van der Waals surface area contributed by atoms with E-state index in [1.807, 2.05) is 6.07 Å². The molecule has 1 atom stereocenters. The molecule has 0 spiro atoms. The highest BCUT2D eigenvalue weighted by Gasteiger charge is 2.29. The van der Waals surface area contributed by atoms with Gasteiger partial charge < -0.3 is 14.4 Å². The van der Waals surface area contributed by atoms with Crippen LogP contribution in [0.2, 0.25) is 0 Å². The van der Waals surface area contributed by atoms with Crippen LogP contribution < -0.4 is 0 Å². The van der Waals surface area contributed by atoms with Crippen LogP contribution in [0.15, 0.2) is 11.3 Å². The molecule has 82 valence electrons. The number of hydrogen-bond donors (Lipinski definition) is 0. The molecule has 1 unspecified atom stereocenters. The van der Waals surface area contributed by atoms with Crippen molar-refractivity contribution in [1.82, 2.24) is 4.90 Å². The van der Waals surface area contributed by atoms with Gasteiger partial charge in [0.05, 0.1) is 7.11 Å². The molecule has 15 heavy (non-hydrogen) atoms. The van der Waals surface area contributed by atoms with E-state index in [0.717, 1.165) is 6.42 Å². The number of hydrogen-bond acceptors (Lipinski definition) is 5. The van der Waals surface area contributed by atoms with Crippen molar-refractivity contribution in [1.29, 1.82) is 5.26 Å². The highest BCUT2D eigenvalue weighted by molar-refractivity contribution is 5.93. The maximum atomic E-state index is 11.3. The van der Waals surface area contributed by atoms with E-state index in [0.29, 0.717) is 12.1 Å². The fourth-order valence-electron chi connectivity index (χ4n) is 1.71. The molecule has 0 aliphatic carbocycles. The number of esters is 1. The van der Waals surface area contributed by atoms with Crippen molar-refractivity contribution < 1.29 is 14.3 Å². The molecule has 5 nitrogen and oxygen atoms in total. The standard InChI is InChI=1S/C10H14N2O3/c1-12-8(4-5-9(12)14-2)7(6-11)10(13)15-3/h9H,4-5H2,1-3H3/b8-7+. The Morgan fingerprint density at radius 2 is 2.27 bits per heavy atom. The Hall–Kier alpha value is -1.54. The molecule has 0 N–H and O–H groups in total. The van der Waals surface area contributed by atoms with Crippen LogP contribution in [0.1, 0.15) is 12.8 Å². The molecule has 0 amide bonds. The Labute approximate surface area is 88.9 Å². The molecule has 1 aliphatic rings. The topological polar surface area (TPSA) is 62.6 Å². The van der Waals surface area contributed by atoms with Crippen LogP contribution in [0.4, 0.5) is 0 Å². The quantitative estimate of drug-likeness (QED) is 0.380. The molecular formula is C10H14N2O3. The van der Waals surface area contributed by atoms with E-state index in [9.17, 15) is 4.79 Å². The van der Waals surface area contributed by atoms with Gasteiger partial charge in [-0.1, -0.05) is 0 Å². The van der Waals surface area contributed by atoms with Gasteiger partial charge in [-0.2, -0.15) is 5.26 Å². The number of ether oxygens (including phenoxy) is 2. The Kier molecular flexibility index (Phi) is 3.69. The first-order valence-electron chi connectivity index (χ1n) is 4.62. The summed E-state index contributed by atoms with van der Waals surface area (Å²) in [6.45, 7) is 0. The Morgan fingerprint density at radius 1 is 1.60 bits per heavy atom. The predicted molar refractivity (Wildman–Crippen MR) is 52.4 cm³/mol. The number of rotatable bonds is 2. The fraction of sp³-hybridized carbons (Fsp3) is 0.600. The molecule has 1 fully saturated rings. The second-order valence-corrected chi connectivity index (χ2v) is 3.27. The van der Waals surface area contributed by atoms with Gasteiger partial charge in [0.1, 0.15) is 12.3 Å². The average molecular weight is 210 g/mol. The summed E-state index contributed by atoms with van der Waals surface area (Å²) in [5.41, 5.74) is 0.760. The molecule has 0 radical (unpaired) electrons. The third-order valence-electron chi connectivity index (χ3n) is 2.55. The Balaban J connectivity index is 2.99. The third-order valence-corrected chi connectivity index (χ3v) is 2.55. The molecular weight excluding hydrogens is 196 g/mol. The lowest BCUT2D eigenvalue weighted by Crippen LogP contribution is -2.26. The summed E-state index contributed by atoms with van der Waals surface area (Å²) < 4.78 is 9.74. The first kappa shape index (κ1) is 11.5. The number of likely N-dealkylation sites (tertiary alicyclic amines) is 1. The molecule has 0 saturated carbocycles. The zero-order valence-corrected chi connectivity index (χ0v) is 9.11. The zero-order chi connectivity index (χ0) is 11.4. The van der Waals surface area contributed by atoms with Crippen molar-refractivity contribution in [3.8, 4) is 6.07 Å². The molecule has 1 aliphatic heterocycles. The van der Waals surface area contributed by atoms with Crippen molar-refractivity contribution in [3.05, 3.63) is 11.3 Å². The predicted octanol–water partition coefficient (Wildman–Crippen LogP) is 0.635. The highest BCUT2D eigenvalue weighted by atomic mass is 16.5. The Bertz CT molecular complexity index is 330. The normalized spacial score (nSPS) is 23.6. The number of carbonyl (C=O) groups is 1. The van der Waals surface area contributed by atoms with Crippen LogP contribution in [0.5, 0.6) is 0 Å². The van der Waals surface area contributed by atoms with E-state index in [1.54, 1.807) is 19.1 Å². The number of nitrogens with zero attached hydrogens (tertiary/aromatic N) is 2. The van der Waals surface area contributed by atoms with Crippen molar-refractivity contribution in [3.63, 3.8) is 0 Å². The van der Waals surface area contributed by atoms with E-state index in [4.69, 9.17) is 10.00 Å². The molecule has 0 aromatic rings. The summed E-state index contributed by atoms with van der Waals surface area (Å²) in [6.07, 6.45) is 1.38. The average Bonchev–Trinajstić information content (AvgIpc) is 2.61. The van der Waals surface area contributed by atoms with Crippen molar-refractivity contribution in [2.75, 3.05) is 21.3 Å². The summed E-state index contributed by atoms with van der Waals surface area (Å²) in [5, 5.41) is 8.89. The minimum Gasteiger partial charge on any atom is -0.465 e. The van der Waals surface area contributed by atoms with Gasteiger partial charge in [-0.15, -0.1) is 0 Å². The third kappa shape index (κ3) is 2.10. The number of allylic oxidation sites excluding steroid dienone is 1. The summed E-state index contributed by atoms with van der Waals surface area (Å²) >= 11 is 0. The summed E-state index contributed by atoms with van der Waals surface area (Å²) in [5.74, 6) is -0.587. The van der Waals surface area contributed by atoms with Crippen LogP contribution in [0, 0.1) is 11.3 Å². The van der Waals surface area contributed by atoms with Crippen LogP contribution in [-0.4, -0.2) is 38.4 Å². The van der Waals surface area contributed by atoms with Crippen LogP contribution in [0.25, 0.3) is 0 Å². The summed E-state index contributed by atoms with van der Waals surface area (Å²) in [6, 6.07) is 1.88. The lowest BCUT2D eigenvalue weighted by Gasteiger charge is -2.21. The first-order chi connectivity index (χ1) is 7.15. The zero-order valence-electron chi connectivity index (χ0n) is 9.11. The van der Waals surface area contributed by atoms with Gasteiger partial charge in [-0.3, -0.25) is 0 Å². The summed E-state index contributed by atoms with van der Waals surface area (Å²) in [7, 11) is 4.67. The minimum atomic E-state index is -0.587. The van der Waals surface area contributed by atoms with Gasteiger partial charge in [-0.05, 0) is 12.8 Å². The largest absolute Gasteiger partial charge is 0.465 e. The lowest BCUT2D eigenvalue weighted by molar-refractivity contribution is -0.135. The van der Waals surface area contributed by atoms with Crippen molar-refractivity contribution >= 4 is 5.97 Å². The van der Waals surface area contributed by atoms with Crippen molar-refractivity contribution in [2.45, 2.75) is 19.1 Å². The van der Waals surface area contributed by atoms with Gasteiger partial charge in [0.15, 0.2) is 5.57 Å². The first-order valence-corrected chi connectivity index (χ1v) is 4.62. The monoisotopic (exact) mass is 210 g/mol. The minimum absolute atomic E-state index is 0.0620. The van der Waals surface area contributed by atoms with E-state index < -0.39 is 5.97 Å². The molecule has 0 aromatic heterocycles. The molecule has 0 bridgehead atoms. The fourth-order valence-corrected chi connectivity index (χ4v) is 1.71. The van der Waals surface area contributed by atoms with Crippen molar-refractivity contribution in [2.24, 2.45) is 0 Å². The maximum absolute atomic E-state index is 11.3. The van der Waals surface area contributed by atoms with Gasteiger partial charge >= 0.3 is 5.97 Å². The van der Waals surface area contributed by atoms with Gasteiger partial charge in [0.2, 0.25) is 0 Å². The lowest BCUT2D eigenvalue weighted by atomic mass is 10.2. The van der Waals surface area contributed by atoms with E-state index in [-0.39, 0.29) is 11.8 Å². The molecule has 0 aromatic carbocycles. The van der Waals surface area contributed by atoms with E-state index >= 15 is 0 Å². The second kappa shape index (κ2) is 4.80. The van der Waals surface area contributed by atoms with Crippen LogP contribution in [0.3, 0.4) is 0 Å². The van der Waals surface area contributed by atoms with Crippen LogP contribution in [-0.2, 0) is 14.3 Å². The van der Waals surface area contributed by atoms with Gasteiger partial charge in [-0.25, -0.2) is 4.79 Å². The molecule has 1 heterocycles. The van der Waals surface area contributed by atoms with Crippen LogP contribution >= 0.6 is 0 Å². The van der Waals surface area contributed by atoms with Gasteiger partial charge in [0.25, 0.3) is 0 Å².